The van der Waals surface area contributed by atoms with E-state index in [1.165, 1.54) is 28.6 Å². The fourth-order valence-corrected chi connectivity index (χ4v) is 3.28. The minimum Gasteiger partial charge on any atom is -0.352 e. The number of aryl methyl sites for hydroxylation is 1. The first-order valence-electron chi connectivity index (χ1n) is 8.26. The summed E-state index contributed by atoms with van der Waals surface area (Å²) in [6.07, 6.45) is 1.15. The van der Waals surface area contributed by atoms with Crippen LogP contribution in [0.4, 0.5) is 4.39 Å². The van der Waals surface area contributed by atoms with Gasteiger partial charge in [-0.05, 0) is 35.7 Å². The topological polar surface area (TPSA) is 66.5 Å². The molecule has 0 saturated carbocycles. The van der Waals surface area contributed by atoms with E-state index in [0.29, 0.717) is 12.1 Å². The van der Waals surface area contributed by atoms with Crippen LogP contribution in [0.2, 0.25) is 0 Å². The van der Waals surface area contributed by atoms with Gasteiger partial charge < -0.3 is 5.32 Å². The molecule has 0 aliphatic heterocycles. The second kappa shape index (κ2) is 8.91. The van der Waals surface area contributed by atoms with E-state index in [1.54, 1.807) is 0 Å². The first-order valence-corrected chi connectivity index (χ1v) is 10.1. The zero-order valence-electron chi connectivity index (χ0n) is 14.9. The zero-order valence-corrected chi connectivity index (χ0v) is 15.7. The molecule has 0 spiro atoms. The number of amides is 1. The summed E-state index contributed by atoms with van der Waals surface area (Å²) in [5, 5.41) is 2.81. The molecule has 0 saturated heterocycles. The molecule has 2 rings (SSSR count). The Kier molecular flexibility index (Phi) is 6.88. The third-order valence-electron chi connectivity index (χ3n) is 4.07. The van der Waals surface area contributed by atoms with Crippen LogP contribution >= 0.6 is 0 Å². The summed E-state index contributed by atoms with van der Waals surface area (Å²) in [5.41, 5.74) is 2.77. The molecule has 26 heavy (non-hydrogen) atoms. The second-order valence-corrected chi connectivity index (χ2v) is 8.16. The number of nitrogens with one attached hydrogen (secondary N) is 1. The third kappa shape index (κ3) is 6.24. The van der Waals surface area contributed by atoms with E-state index in [-0.39, 0.29) is 31.2 Å². The van der Waals surface area contributed by atoms with E-state index >= 15 is 0 Å². The maximum Gasteiger partial charge on any atom is 0.221 e. The third-order valence-corrected chi connectivity index (χ3v) is 5.32. The average Bonchev–Trinajstić information content (AvgIpc) is 2.58. The van der Waals surface area contributed by atoms with E-state index in [2.05, 4.69) is 5.32 Å². The highest BCUT2D eigenvalue weighted by molar-refractivity contribution is 7.88. The van der Waals surface area contributed by atoms with Gasteiger partial charge in [0.25, 0.3) is 0 Å². The summed E-state index contributed by atoms with van der Waals surface area (Å²) in [6, 6.07) is 13.4. The molecule has 5 nitrogen and oxygen atoms in total. The predicted molar refractivity (Wildman–Crippen MR) is 99.3 cm³/mol. The van der Waals surface area contributed by atoms with Gasteiger partial charge in [-0.25, -0.2) is 12.8 Å². The van der Waals surface area contributed by atoms with Crippen LogP contribution < -0.4 is 5.32 Å². The SMILES string of the molecule is Cc1ccccc1CNC(=O)CCN(Cc1ccc(F)cc1)S(C)(=O)=O. The van der Waals surface area contributed by atoms with Crippen molar-refractivity contribution >= 4 is 15.9 Å². The Bertz CT molecular complexity index is 851. The summed E-state index contributed by atoms with van der Waals surface area (Å²) in [6.45, 7) is 2.54. The highest BCUT2D eigenvalue weighted by atomic mass is 32.2. The molecule has 1 N–H and O–H groups in total. The Morgan fingerprint density at radius 3 is 2.38 bits per heavy atom. The van der Waals surface area contributed by atoms with Crippen LogP contribution in [0, 0.1) is 12.7 Å². The van der Waals surface area contributed by atoms with Gasteiger partial charge in [-0.1, -0.05) is 36.4 Å². The maximum atomic E-state index is 13.0. The smallest absolute Gasteiger partial charge is 0.221 e. The van der Waals surface area contributed by atoms with Gasteiger partial charge in [0.1, 0.15) is 5.82 Å². The van der Waals surface area contributed by atoms with Crippen molar-refractivity contribution in [2.24, 2.45) is 0 Å². The van der Waals surface area contributed by atoms with Crippen molar-refractivity contribution < 1.29 is 17.6 Å². The number of hydrogen-bond donors (Lipinski definition) is 1. The molecule has 0 aliphatic carbocycles. The molecule has 0 heterocycles. The number of halogens is 1. The lowest BCUT2D eigenvalue weighted by atomic mass is 10.1. The standard InChI is InChI=1S/C19H23FN2O3S/c1-15-5-3-4-6-17(15)13-21-19(23)11-12-22(26(2,24)25)14-16-7-9-18(20)10-8-16/h3-10H,11-14H2,1-2H3,(H,21,23). The number of rotatable bonds is 8. The van der Waals surface area contributed by atoms with E-state index in [0.717, 1.165) is 17.4 Å². The quantitative estimate of drug-likeness (QED) is 0.768. The largest absolute Gasteiger partial charge is 0.352 e. The van der Waals surface area contributed by atoms with Crippen molar-refractivity contribution in [3.05, 3.63) is 71.0 Å². The number of carbonyl (C=O) groups excluding carboxylic acids is 1. The fraction of sp³-hybridized carbons (Fsp3) is 0.316. The van der Waals surface area contributed by atoms with Crippen molar-refractivity contribution in [1.82, 2.24) is 9.62 Å². The number of benzene rings is 2. The van der Waals surface area contributed by atoms with Crippen molar-refractivity contribution in [2.45, 2.75) is 26.4 Å². The second-order valence-electron chi connectivity index (χ2n) is 6.18. The van der Waals surface area contributed by atoms with Crippen LogP contribution in [0.1, 0.15) is 23.1 Å². The van der Waals surface area contributed by atoms with Gasteiger partial charge in [-0.3, -0.25) is 4.79 Å². The van der Waals surface area contributed by atoms with E-state index < -0.39 is 10.0 Å². The van der Waals surface area contributed by atoms with E-state index in [4.69, 9.17) is 0 Å². The Morgan fingerprint density at radius 2 is 1.77 bits per heavy atom. The van der Waals surface area contributed by atoms with Crippen LogP contribution in [0.5, 0.6) is 0 Å². The van der Waals surface area contributed by atoms with Gasteiger partial charge in [0.15, 0.2) is 0 Å². The van der Waals surface area contributed by atoms with Crippen LogP contribution in [-0.4, -0.2) is 31.4 Å². The van der Waals surface area contributed by atoms with Gasteiger partial charge in [0, 0.05) is 26.1 Å². The van der Waals surface area contributed by atoms with Crippen LogP contribution in [0.25, 0.3) is 0 Å². The van der Waals surface area contributed by atoms with Gasteiger partial charge in [-0.2, -0.15) is 4.31 Å². The summed E-state index contributed by atoms with van der Waals surface area (Å²) >= 11 is 0. The summed E-state index contributed by atoms with van der Waals surface area (Å²) in [5.74, 6) is -0.601. The molecule has 0 bridgehead atoms. The summed E-state index contributed by atoms with van der Waals surface area (Å²) in [4.78, 5) is 12.1. The first-order chi connectivity index (χ1) is 12.3. The predicted octanol–water partition coefficient (Wildman–Crippen LogP) is 2.60. The van der Waals surface area contributed by atoms with Crippen LogP contribution in [0.3, 0.4) is 0 Å². The highest BCUT2D eigenvalue weighted by Crippen LogP contribution is 2.11. The van der Waals surface area contributed by atoms with Gasteiger partial charge in [0.2, 0.25) is 15.9 Å². The molecule has 7 heteroatoms. The minimum absolute atomic E-state index is 0.0557. The summed E-state index contributed by atoms with van der Waals surface area (Å²) in [7, 11) is -3.48. The van der Waals surface area contributed by atoms with E-state index in [9.17, 15) is 17.6 Å². The maximum absolute atomic E-state index is 13.0. The molecule has 0 aromatic heterocycles. The van der Waals surface area contributed by atoms with Gasteiger partial charge >= 0.3 is 0 Å². The fourth-order valence-electron chi connectivity index (χ4n) is 2.47. The number of carbonyl (C=O) groups is 1. The molecule has 2 aromatic carbocycles. The molecule has 0 radical (unpaired) electrons. The molecule has 0 aliphatic rings. The van der Waals surface area contributed by atoms with E-state index in [1.807, 2.05) is 31.2 Å². The van der Waals surface area contributed by atoms with Crippen molar-refractivity contribution in [3.8, 4) is 0 Å². The van der Waals surface area contributed by atoms with Crippen molar-refractivity contribution in [3.63, 3.8) is 0 Å². The minimum atomic E-state index is -3.48. The Balaban J connectivity index is 1.91. The number of hydrogen-bond acceptors (Lipinski definition) is 3. The molecule has 0 fully saturated rings. The van der Waals surface area contributed by atoms with Crippen molar-refractivity contribution in [1.29, 1.82) is 0 Å². The average molecular weight is 378 g/mol. The molecule has 2 aromatic rings. The van der Waals surface area contributed by atoms with Crippen LogP contribution in [-0.2, 0) is 27.9 Å². The lowest BCUT2D eigenvalue weighted by Gasteiger charge is -2.20. The molecule has 1 amide bonds. The van der Waals surface area contributed by atoms with Gasteiger partial charge in [-0.15, -0.1) is 0 Å². The molecular formula is C19H23FN2O3S. The molecule has 0 unspecified atom stereocenters. The molecule has 140 valence electrons. The molecular weight excluding hydrogens is 355 g/mol. The normalized spacial score (nSPS) is 11.5. The summed E-state index contributed by atoms with van der Waals surface area (Å²) < 4.78 is 38.1. The zero-order chi connectivity index (χ0) is 19.2. The molecule has 0 atom stereocenters. The number of sulfonamides is 1. The Hall–Kier alpha value is -2.25. The van der Waals surface area contributed by atoms with Gasteiger partial charge in [0.05, 0.1) is 6.26 Å². The number of nitrogens with zero attached hydrogens (tertiary/aromatic N) is 1. The lowest BCUT2D eigenvalue weighted by molar-refractivity contribution is -0.121. The Labute approximate surface area is 153 Å². The monoisotopic (exact) mass is 378 g/mol. The lowest BCUT2D eigenvalue weighted by Crippen LogP contribution is -2.34. The van der Waals surface area contributed by atoms with Crippen molar-refractivity contribution in [2.75, 3.05) is 12.8 Å². The Morgan fingerprint density at radius 1 is 1.12 bits per heavy atom. The van der Waals surface area contributed by atoms with Crippen LogP contribution in [0.15, 0.2) is 48.5 Å². The first kappa shape index (κ1) is 20.1. The highest BCUT2D eigenvalue weighted by Gasteiger charge is 2.18.